The molecule has 1 amide bonds. The molecule has 3 N–H and O–H groups in total. The molecular weight excluding hydrogens is 244 g/mol. The average molecular weight is 264 g/mol. The number of hydrogen-bond acceptors (Lipinski definition) is 4. The molecule has 1 aromatic carbocycles. The number of ether oxygens (including phenoxy) is 2. The van der Waals surface area contributed by atoms with Crippen molar-refractivity contribution in [2.75, 3.05) is 20.3 Å². The van der Waals surface area contributed by atoms with Crippen molar-refractivity contribution in [1.82, 2.24) is 5.32 Å². The van der Waals surface area contributed by atoms with E-state index in [9.17, 15) is 4.79 Å². The van der Waals surface area contributed by atoms with Crippen LogP contribution in [0.3, 0.4) is 0 Å². The van der Waals surface area contributed by atoms with Crippen molar-refractivity contribution in [2.45, 2.75) is 18.9 Å². The maximum atomic E-state index is 11.6. The molecule has 0 spiro atoms. The highest BCUT2D eigenvalue weighted by Crippen LogP contribution is 2.31. The quantitative estimate of drug-likeness (QED) is 0.768. The van der Waals surface area contributed by atoms with Gasteiger partial charge in [0.15, 0.2) is 6.61 Å². The summed E-state index contributed by atoms with van der Waals surface area (Å²) in [5, 5.41) is 2.78. The van der Waals surface area contributed by atoms with Gasteiger partial charge in [0.05, 0.1) is 7.11 Å². The highest BCUT2D eigenvalue weighted by atomic mass is 16.5. The van der Waals surface area contributed by atoms with Crippen molar-refractivity contribution in [1.29, 1.82) is 0 Å². The minimum Gasteiger partial charge on any atom is -0.497 e. The highest BCUT2D eigenvalue weighted by Gasteiger charge is 2.28. The third-order valence-corrected chi connectivity index (χ3v) is 3.19. The first-order chi connectivity index (χ1) is 9.19. The summed E-state index contributed by atoms with van der Waals surface area (Å²) in [5.41, 5.74) is 5.90. The Labute approximate surface area is 113 Å². The van der Waals surface area contributed by atoms with Crippen LogP contribution in [-0.2, 0) is 4.79 Å². The van der Waals surface area contributed by atoms with E-state index in [-0.39, 0.29) is 18.6 Å². The van der Waals surface area contributed by atoms with Gasteiger partial charge in [0.25, 0.3) is 5.91 Å². The fraction of sp³-hybridized carbons (Fsp3) is 0.500. The van der Waals surface area contributed by atoms with Gasteiger partial charge >= 0.3 is 0 Å². The normalized spacial score (nSPS) is 15.7. The molecule has 1 aliphatic rings. The van der Waals surface area contributed by atoms with Crippen LogP contribution in [0.5, 0.6) is 11.5 Å². The van der Waals surface area contributed by atoms with Crippen LogP contribution in [0.1, 0.15) is 12.8 Å². The molecule has 1 saturated carbocycles. The summed E-state index contributed by atoms with van der Waals surface area (Å²) in [4.78, 5) is 11.6. The topological polar surface area (TPSA) is 73.6 Å². The molecule has 0 aromatic heterocycles. The number of benzene rings is 1. The lowest BCUT2D eigenvalue weighted by molar-refractivity contribution is -0.123. The van der Waals surface area contributed by atoms with Gasteiger partial charge in [-0.2, -0.15) is 0 Å². The number of carbonyl (C=O) groups excluding carboxylic acids is 1. The lowest BCUT2D eigenvalue weighted by Gasteiger charge is -2.12. The summed E-state index contributed by atoms with van der Waals surface area (Å²) in [6.45, 7) is 0.527. The molecule has 1 aromatic rings. The molecule has 0 saturated heterocycles. The fourth-order valence-corrected chi connectivity index (χ4v) is 1.79. The van der Waals surface area contributed by atoms with Crippen molar-refractivity contribution in [3.63, 3.8) is 0 Å². The van der Waals surface area contributed by atoms with Crippen LogP contribution in [-0.4, -0.2) is 32.2 Å². The van der Waals surface area contributed by atoms with Crippen molar-refractivity contribution in [3.8, 4) is 11.5 Å². The van der Waals surface area contributed by atoms with Crippen LogP contribution in [0.15, 0.2) is 24.3 Å². The van der Waals surface area contributed by atoms with E-state index in [1.807, 2.05) is 0 Å². The Kier molecular flexibility index (Phi) is 4.63. The first kappa shape index (κ1) is 13.7. The number of methoxy groups -OCH3 is 1. The van der Waals surface area contributed by atoms with Gasteiger partial charge in [0, 0.05) is 12.6 Å². The Morgan fingerprint density at radius 3 is 2.58 bits per heavy atom. The zero-order chi connectivity index (χ0) is 13.7. The predicted octanol–water partition coefficient (Wildman–Crippen LogP) is 0.927. The first-order valence-electron chi connectivity index (χ1n) is 6.48. The summed E-state index contributed by atoms with van der Waals surface area (Å²) in [7, 11) is 1.60. The van der Waals surface area contributed by atoms with E-state index in [0.717, 1.165) is 5.75 Å². The van der Waals surface area contributed by atoms with Gasteiger partial charge in [0.2, 0.25) is 0 Å². The van der Waals surface area contributed by atoms with Gasteiger partial charge in [-0.3, -0.25) is 4.79 Å². The zero-order valence-electron chi connectivity index (χ0n) is 11.1. The van der Waals surface area contributed by atoms with Crippen LogP contribution in [0.25, 0.3) is 0 Å². The molecule has 0 aliphatic heterocycles. The summed E-state index contributed by atoms with van der Waals surface area (Å²) in [5.74, 6) is 1.84. The predicted molar refractivity (Wildman–Crippen MR) is 72.2 cm³/mol. The third kappa shape index (κ3) is 4.44. The first-order valence-corrected chi connectivity index (χ1v) is 6.48. The molecule has 19 heavy (non-hydrogen) atoms. The molecule has 5 heteroatoms. The summed E-state index contributed by atoms with van der Waals surface area (Å²) >= 11 is 0. The number of amides is 1. The average Bonchev–Trinajstić information content (AvgIpc) is 3.27. The Hall–Kier alpha value is -1.75. The molecule has 1 fully saturated rings. The number of nitrogens with two attached hydrogens (primary N) is 1. The Balaban J connectivity index is 1.67. The standard InChI is InChI=1S/C14H20N2O3/c1-18-11-4-6-12(7-5-11)19-9-14(17)16-8-13(15)10-2-3-10/h4-7,10,13H,2-3,8-9,15H2,1H3,(H,16,17). The van der Waals surface area contributed by atoms with Gasteiger partial charge in [-0.05, 0) is 43.0 Å². The van der Waals surface area contributed by atoms with Crippen molar-refractivity contribution >= 4 is 5.91 Å². The van der Waals surface area contributed by atoms with Crippen molar-refractivity contribution < 1.29 is 14.3 Å². The van der Waals surface area contributed by atoms with Crippen molar-refractivity contribution in [2.24, 2.45) is 11.7 Å². The van der Waals surface area contributed by atoms with E-state index in [2.05, 4.69) is 5.32 Å². The second-order valence-electron chi connectivity index (χ2n) is 4.77. The lowest BCUT2D eigenvalue weighted by atomic mass is 10.2. The van der Waals surface area contributed by atoms with E-state index in [1.165, 1.54) is 12.8 Å². The molecule has 2 rings (SSSR count). The number of hydrogen-bond donors (Lipinski definition) is 2. The van der Waals surface area contributed by atoms with Crippen LogP contribution in [0.2, 0.25) is 0 Å². The van der Waals surface area contributed by atoms with Gasteiger partial charge in [-0.1, -0.05) is 0 Å². The van der Waals surface area contributed by atoms with Gasteiger partial charge < -0.3 is 20.5 Å². The molecule has 0 bridgehead atoms. The summed E-state index contributed by atoms with van der Waals surface area (Å²) in [6, 6.07) is 7.18. The summed E-state index contributed by atoms with van der Waals surface area (Å²) < 4.78 is 10.4. The molecule has 1 unspecified atom stereocenters. The van der Waals surface area contributed by atoms with Crippen LogP contribution < -0.4 is 20.5 Å². The molecule has 0 radical (unpaired) electrons. The molecule has 1 aliphatic carbocycles. The zero-order valence-corrected chi connectivity index (χ0v) is 11.1. The molecular formula is C14H20N2O3. The second kappa shape index (κ2) is 6.43. The molecule has 0 heterocycles. The maximum absolute atomic E-state index is 11.6. The Morgan fingerprint density at radius 1 is 1.37 bits per heavy atom. The summed E-state index contributed by atoms with van der Waals surface area (Å²) in [6.07, 6.45) is 2.36. The second-order valence-corrected chi connectivity index (χ2v) is 4.77. The minimum absolute atomic E-state index is 0.00369. The molecule has 5 nitrogen and oxygen atoms in total. The largest absolute Gasteiger partial charge is 0.497 e. The molecule has 1 atom stereocenters. The SMILES string of the molecule is COc1ccc(OCC(=O)NCC(N)C2CC2)cc1. The lowest BCUT2D eigenvalue weighted by Crippen LogP contribution is -2.40. The van der Waals surface area contributed by atoms with Gasteiger partial charge in [-0.25, -0.2) is 0 Å². The van der Waals surface area contributed by atoms with E-state index in [1.54, 1.807) is 31.4 Å². The smallest absolute Gasteiger partial charge is 0.257 e. The number of carbonyl (C=O) groups is 1. The third-order valence-electron chi connectivity index (χ3n) is 3.19. The molecule has 104 valence electrons. The van der Waals surface area contributed by atoms with Crippen LogP contribution in [0, 0.1) is 5.92 Å². The van der Waals surface area contributed by atoms with Gasteiger partial charge in [0.1, 0.15) is 11.5 Å². The van der Waals surface area contributed by atoms with Crippen LogP contribution >= 0.6 is 0 Å². The Bertz CT molecular complexity index is 415. The highest BCUT2D eigenvalue weighted by molar-refractivity contribution is 5.77. The van der Waals surface area contributed by atoms with E-state index in [0.29, 0.717) is 18.2 Å². The van der Waals surface area contributed by atoms with E-state index in [4.69, 9.17) is 15.2 Å². The minimum atomic E-state index is -0.146. The van der Waals surface area contributed by atoms with Crippen molar-refractivity contribution in [3.05, 3.63) is 24.3 Å². The number of nitrogens with one attached hydrogen (secondary N) is 1. The number of rotatable bonds is 7. The van der Waals surface area contributed by atoms with E-state index < -0.39 is 0 Å². The maximum Gasteiger partial charge on any atom is 0.257 e. The van der Waals surface area contributed by atoms with Gasteiger partial charge in [-0.15, -0.1) is 0 Å². The Morgan fingerprint density at radius 2 is 2.00 bits per heavy atom. The van der Waals surface area contributed by atoms with E-state index >= 15 is 0 Å². The fourth-order valence-electron chi connectivity index (χ4n) is 1.79. The monoisotopic (exact) mass is 264 g/mol. The van der Waals surface area contributed by atoms with Crippen LogP contribution in [0.4, 0.5) is 0 Å².